The molecule has 11 heteroatoms. The maximum absolute atomic E-state index is 14.1. The number of methoxy groups -OCH3 is 1. The minimum Gasteiger partial charge on any atom is -0.378 e. The highest BCUT2D eigenvalue weighted by Crippen LogP contribution is 2.41. The zero-order chi connectivity index (χ0) is 19.2. The van der Waals surface area contributed by atoms with Crippen molar-refractivity contribution in [3.8, 4) is 22.6 Å². The van der Waals surface area contributed by atoms with Gasteiger partial charge in [0, 0.05) is 29.8 Å². The Labute approximate surface area is 161 Å². The number of hydrogen-bond donors (Lipinski definition) is 3. The average Bonchev–Trinajstić information content (AvgIpc) is 3.36. The Hall–Kier alpha value is -2.49. The Kier molecular flexibility index (Phi) is 4.37. The molecule has 0 aliphatic heterocycles. The van der Waals surface area contributed by atoms with Gasteiger partial charge in [-0.1, -0.05) is 29.3 Å². The first kappa shape index (κ1) is 17.9. The number of halogens is 4. The number of aromatic amines is 3. The fraction of sp³-hybridized carbons (Fsp3) is 0.188. The van der Waals surface area contributed by atoms with Crippen LogP contribution < -0.4 is 0 Å². The van der Waals surface area contributed by atoms with Gasteiger partial charge in [0.2, 0.25) is 0 Å². The van der Waals surface area contributed by atoms with Crippen LogP contribution in [0.5, 0.6) is 0 Å². The van der Waals surface area contributed by atoms with Crippen LogP contribution >= 0.6 is 23.2 Å². The molecule has 0 radical (unpaired) electrons. The summed E-state index contributed by atoms with van der Waals surface area (Å²) in [6, 6.07) is 3.43. The van der Waals surface area contributed by atoms with E-state index in [1.807, 2.05) is 0 Å². The van der Waals surface area contributed by atoms with Gasteiger partial charge in [-0.3, -0.25) is 10.2 Å². The lowest BCUT2D eigenvalue weighted by Gasteiger charge is -2.10. The average molecular weight is 413 g/mol. The molecule has 1 aromatic carbocycles. The Morgan fingerprint density at radius 3 is 2.78 bits per heavy atom. The molecule has 0 saturated carbocycles. The van der Waals surface area contributed by atoms with E-state index in [9.17, 15) is 8.78 Å². The van der Waals surface area contributed by atoms with Gasteiger partial charge in [0.15, 0.2) is 11.6 Å². The fourth-order valence-corrected chi connectivity index (χ4v) is 3.21. The summed E-state index contributed by atoms with van der Waals surface area (Å²) >= 11 is 12.4. The smallest absolute Gasteiger partial charge is 0.328 e. The molecular formula is C16H12Cl2F2N6O. The molecule has 7 nitrogen and oxygen atoms in total. The second-order valence-corrected chi connectivity index (χ2v) is 6.58. The Balaban J connectivity index is 1.93. The predicted molar refractivity (Wildman–Crippen MR) is 97.0 cm³/mol. The molecule has 0 unspecified atom stereocenters. The molecule has 4 rings (SSSR count). The van der Waals surface area contributed by atoms with Crippen LogP contribution in [-0.2, 0) is 10.7 Å². The van der Waals surface area contributed by atoms with Gasteiger partial charge in [0.25, 0.3) is 0 Å². The molecule has 0 fully saturated rings. The largest absolute Gasteiger partial charge is 0.378 e. The number of fused-ring (bicyclic) bond motifs is 1. The van der Waals surface area contributed by atoms with Crippen LogP contribution in [0.25, 0.3) is 33.5 Å². The number of aromatic nitrogens is 6. The van der Waals surface area contributed by atoms with Gasteiger partial charge in [-0.2, -0.15) is 19.0 Å². The van der Waals surface area contributed by atoms with Crippen LogP contribution in [0.15, 0.2) is 24.5 Å². The Morgan fingerprint density at radius 1 is 1.26 bits per heavy atom. The summed E-state index contributed by atoms with van der Waals surface area (Å²) < 4.78 is 32.7. The molecular weight excluding hydrogens is 401 g/mol. The van der Waals surface area contributed by atoms with Crippen molar-refractivity contribution in [2.24, 2.45) is 0 Å². The van der Waals surface area contributed by atoms with E-state index in [0.717, 1.165) is 5.39 Å². The third kappa shape index (κ3) is 2.97. The third-order valence-electron chi connectivity index (χ3n) is 4.03. The molecule has 0 spiro atoms. The maximum Gasteiger partial charge on any atom is 0.328 e. The number of rotatable bonds is 5. The zero-order valence-electron chi connectivity index (χ0n) is 13.8. The van der Waals surface area contributed by atoms with Gasteiger partial charge >= 0.3 is 5.92 Å². The third-order valence-corrected chi connectivity index (χ3v) is 4.84. The second kappa shape index (κ2) is 6.59. The van der Waals surface area contributed by atoms with Crippen LogP contribution in [0, 0.1) is 0 Å². The number of benzene rings is 1. The molecule has 0 amide bonds. The van der Waals surface area contributed by atoms with Crippen molar-refractivity contribution >= 4 is 34.1 Å². The van der Waals surface area contributed by atoms with Crippen LogP contribution in [0.1, 0.15) is 5.82 Å². The highest BCUT2D eigenvalue weighted by Gasteiger charge is 2.36. The number of nitrogens with one attached hydrogen (secondary N) is 3. The monoisotopic (exact) mass is 412 g/mol. The van der Waals surface area contributed by atoms with E-state index in [4.69, 9.17) is 23.2 Å². The van der Waals surface area contributed by atoms with Crippen molar-refractivity contribution in [1.82, 2.24) is 30.4 Å². The summed E-state index contributed by atoms with van der Waals surface area (Å²) in [6.07, 6.45) is 3.27. The van der Waals surface area contributed by atoms with Crippen molar-refractivity contribution < 1.29 is 13.5 Å². The number of nitrogens with zero attached hydrogens (tertiary/aromatic N) is 3. The molecule has 140 valence electrons. The van der Waals surface area contributed by atoms with Gasteiger partial charge < -0.3 is 9.72 Å². The molecule has 0 atom stereocenters. The number of H-pyrrole nitrogens is 3. The highest BCUT2D eigenvalue weighted by atomic mass is 35.5. The fourth-order valence-electron chi connectivity index (χ4n) is 2.85. The van der Waals surface area contributed by atoms with E-state index < -0.39 is 18.4 Å². The predicted octanol–water partition coefficient (Wildman–Crippen LogP) is 4.39. The minimum absolute atomic E-state index is 0.0559. The molecule has 0 aliphatic carbocycles. The molecule has 3 aromatic heterocycles. The molecule has 4 aromatic rings. The molecule has 0 bridgehead atoms. The van der Waals surface area contributed by atoms with E-state index in [1.165, 1.54) is 7.11 Å². The topological polar surface area (TPSA) is 95.3 Å². The van der Waals surface area contributed by atoms with Crippen LogP contribution in [0.2, 0.25) is 10.0 Å². The van der Waals surface area contributed by atoms with E-state index in [2.05, 4.69) is 35.1 Å². The van der Waals surface area contributed by atoms with Crippen LogP contribution in [0.4, 0.5) is 8.78 Å². The lowest BCUT2D eigenvalue weighted by atomic mass is 10.0. The van der Waals surface area contributed by atoms with E-state index >= 15 is 0 Å². The molecule has 3 heterocycles. The van der Waals surface area contributed by atoms with E-state index in [1.54, 1.807) is 24.5 Å². The summed E-state index contributed by atoms with van der Waals surface area (Å²) in [5.41, 5.74) is 2.33. The SMILES string of the molecule is COCC(F)(F)c1nc(-c2[nH]c3c(Cl)c(Cl)ccc3c2-c2cn[nH]c2)n[nH]1. The lowest BCUT2D eigenvalue weighted by Crippen LogP contribution is -2.21. The van der Waals surface area contributed by atoms with Crippen molar-refractivity contribution in [2.75, 3.05) is 13.7 Å². The Bertz CT molecular complexity index is 1110. The number of ether oxygens (including phenoxy) is 1. The summed E-state index contributed by atoms with van der Waals surface area (Å²) in [4.78, 5) is 7.05. The molecule has 3 N–H and O–H groups in total. The van der Waals surface area contributed by atoms with E-state index in [0.29, 0.717) is 32.4 Å². The van der Waals surface area contributed by atoms with Gasteiger partial charge in [-0.25, -0.2) is 4.98 Å². The first-order chi connectivity index (χ1) is 12.9. The quantitative estimate of drug-likeness (QED) is 0.452. The van der Waals surface area contributed by atoms with Crippen molar-refractivity contribution in [1.29, 1.82) is 0 Å². The summed E-state index contributed by atoms with van der Waals surface area (Å²) in [6.45, 7) is -0.815. The van der Waals surface area contributed by atoms with Gasteiger partial charge in [-0.05, 0) is 6.07 Å². The van der Waals surface area contributed by atoms with Gasteiger partial charge in [0.05, 0.1) is 27.5 Å². The van der Waals surface area contributed by atoms with Gasteiger partial charge in [-0.15, -0.1) is 0 Å². The van der Waals surface area contributed by atoms with Crippen molar-refractivity contribution in [3.63, 3.8) is 0 Å². The normalized spacial score (nSPS) is 12.2. The van der Waals surface area contributed by atoms with Gasteiger partial charge in [0.1, 0.15) is 6.61 Å². The summed E-state index contributed by atoms with van der Waals surface area (Å²) in [5, 5.41) is 14.3. The van der Waals surface area contributed by atoms with Crippen LogP contribution in [0.3, 0.4) is 0 Å². The van der Waals surface area contributed by atoms with Crippen molar-refractivity contribution in [3.05, 3.63) is 40.4 Å². The minimum atomic E-state index is -3.30. The zero-order valence-corrected chi connectivity index (χ0v) is 15.3. The number of alkyl halides is 2. The second-order valence-electron chi connectivity index (χ2n) is 5.79. The summed E-state index contributed by atoms with van der Waals surface area (Å²) in [7, 11) is 1.19. The molecule has 0 aliphatic rings. The molecule has 27 heavy (non-hydrogen) atoms. The standard InChI is InChI=1S/C16H12Cl2F2N6O/c1-27-6-16(19,20)15-24-14(25-26-15)13-10(7-4-21-22-5-7)8-2-3-9(17)11(18)12(8)23-13/h2-5,23H,6H2,1H3,(H,21,22)(H,24,25,26). The first-order valence-corrected chi connectivity index (χ1v) is 8.47. The first-order valence-electron chi connectivity index (χ1n) is 7.71. The van der Waals surface area contributed by atoms with E-state index in [-0.39, 0.29) is 5.82 Å². The summed E-state index contributed by atoms with van der Waals surface area (Å²) in [5.74, 6) is -3.84. The highest BCUT2D eigenvalue weighted by molar-refractivity contribution is 6.45. The lowest BCUT2D eigenvalue weighted by molar-refractivity contribution is -0.0763. The van der Waals surface area contributed by atoms with Crippen LogP contribution in [-0.4, -0.2) is 44.1 Å². The molecule has 0 saturated heterocycles. The Morgan fingerprint density at radius 2 is 2.07 bits per heavy atom. The maximum atomic E-state index is 14.1. The number of hydrogen-bond acceptors (Lipinski definition) is 4. The van der Waals surface area contributed by atoms with Crippen molar-refractivity contribution in [2.45, 2.75) is 5.92 Å².